The van der Waals surface area contributed by atoms with Gasteiger partial charge in [0.15, 0.2) is 11.5 Å². The molecule has 2 atom stereocenters. The summed E-state index contributed by atoms with van der Waals surface area (Å²) in [6, 6.07) is 6.46. The van der Waals surface area contributed by atoms with E-state index in [9.17, 15) is 0 Å². The van der Waals surface area contributed by atoms with Crippen molar-refractivity contribution < 1.29 is 9.47 Å². The molecule has 2 aliphatic heterocycles. The topological polar surface area (TPSA) is 46.1 Å². The predicted molar refractivity (Wildman–Crippen MR) is 96.9 cm³/mol. The zero-order valence-corrected chi connectivity index (χ0v) is 15.2. The number of hydrazone groups is 1. The van der Waals surface area contributed by atoms with E-state index in [1.807, 2.05) is 19.9 Å². The molecule has 1 fully saturated rings. The maximum absolute atomic E-state index is 5.83. The maximum Gasteiger partial charge on any atom is 0.161 e. The monoisotopic (exact) mass is 331 g/mol. The summed E-state index contributed by atoms with van der Waals surface area (Å²) in [5, 5.41) is 4.60. The molecule has 1 aromatic carbocycles. The van der Waals surface area contributed by atoms with Gasteiger partial charge in [0.1, 0.15) is 0 Å². The molecule has 1 N–H and O–H groups in total. The van der Waals surface area contributed by atoms with E-state index in [2.05, 4.69) is 34.5 Å². The second-order valence-corrected chi connectivity index (χ2v) is 6.94. The van der Waals surface area contributed by atoms with Crippen LogP contribution in [-0.2, 0) is 0 Å². The molecule has 0 amide bonds. The molecule has 1 saturated heterocycles. The van der Waals surface area contributed by atoms with Crippen molar-refractivity contribution in [2.75, 3.05) is 26.7 Å². The fourth-order valence-electron chi connectivity index (χ4n) is 3.67. The van der Waals surface area contributed by atoms with E-state index in [0.717, 1.165) is 31.0 Å². The van der Waals surface area contributed by atoms with E-state index in [-0.39, 0.29) is 12.1 Å². The second-order valence-electron chi connectivity index (χ2n) is 6.94. The molecule has 5 heteroatoms. The number of rotatable bonds is 6. The standard InChI is InChI=1S/C19H29N3O2/c1-5-9-22-10-8-16-15(12-22)19(21-20-16)14-6-7-17(24-13(2)3)18(11-14)23-4/h6-7,11,13,15,19,21H,5,8-10,12H2,1-4H3. The molecule has 2 heterocycles. The molecule has 2 unspecified atom stereocenters. The second kappa shape index (κ2) is 7.43. The third-order valence-electron chi connectivity index (χ3n) is 4.77. The molecule has 0 aromatic heterocycles. The lowest BCUT2D eigenvalue weighted by atomic mass is 9.86. The van der Waals surface area contributed by atoms with E-state index in [1.165, 1.54) is 24.2 Å². The fourth-order valence-corrected chi connectivity index (χ4v) is 3.67. The Labute approximate surface area is 145 Å². The largest absolute Gasteiger partial charge is 0.493 e. The Hall–Kier alpha value is -1.75. The van der Waals surface area contributed by atoms with Crippen molar-refractivity contribution >= 4 is 5.71 Å². The fraction of sp³-hybridized carbons (Fsp3) is 0.632. The first kappa shape index (κ1) is 17.1. The van der Waals surface area contributed by atoms with E-state index in [0.29, 0.717) is 5.92 Å². The quantitative estimate of drug-likeness (QED) is 0.869. The van der Waals surface area contributed by atoms with Crippen LogP contribution in [-0.4, -0.2) is 43.5 Å². The number of hydrogen-bond acceptors (Lipinski definition) is 5. The summed E-state index contributed by atoms with van der Waals surface area (Å²) >= 11 is 0. The van der Waals surface area contributed by atoms with Gasteiger partial charge in [-0.15, -0.1) is 0 Å². The summed E-state index contributed by atoms with van der Waals surface area (Å²) < 4.78 is 11.4. The molecule has 132 valence electrons. The summed E-state index contributed by atoms with van der Waals surface area (Å²) in [4.78, 5) is 2.55. The maximum atomic E-state index is 5.83. The lowest BCUT2D eigenvalue weighted by Gasteiger charge is -2.33. The number of nitrogens with one attached hydrogen (secondary N) is 1. The molecule has 0 saturated carbocycles. The Morgan fingerprint density at radius 1 is 1.33 bits per heavy atom. The number of fused-ring (bicyclic) bond motifs is 1. The molecule has 0 bridgehead atoms. The van der Waals surface area contributed by atoms with Crippen LogP contribution < -0.4 is 14.9 Å². The Morgan fingerprint density at radius 3 is 2.88 bits per heavy atom. The number of piperidine rings is 1. The van der Waals surface area contributed by atoms with Gasteiger partial charge in [-0.25, -0.2) is 0 Å². The highest BCUT2D eigenvalue weighted by Crippen LogP contribution is 2.37. The highest BCUT2D eigenvalue weighted by molar-refractivity contribution is 5.90. The SMILES string of the molecule is CCCN1CCC2=NNC(c3ccc(OC(C)C)c(OC)c3)C2C1. The first-order valence-electron chi connectivity index (χ1n) is 9.01. The highest BCUT2D eigenvalue weighted by atomic mass is 16.5. The van der Waals surface area contributed by atoms with Crippen LogP contribution in [0.15, 0.2) is 23.3 Å². The van der Waals surface area contributed by atoms with Crippen molar-refractivity contribution in [3.05, 3.63) is 23.8 Å². The first-order chi connectivity index (χ1) is 11.6. The zero-order chi connectivity index (χ0) is 17.1. The number of nitrogens with zero attached hydrogens (tertiary/aromatic N) is 2. The third-order valence-corrected chi connectivity index (χ3v) is 4.77. The average Bonchev–Trinajstić information content (AvgIpc) is 2.98. The van der Waals surface area contributed by atoms with Gasteiger partial charge in [0.25, 0.3) is 0 Å². The van der Waals surface area contributed by atoms with Crippen LogP contribution in [0.2, 0.25) is 0 Å². The van der Waals surface area contributed by atoms with Gasteiger partial charge in [-0.2, -0.15) is 5.10 Å². The van der Waals surface area contributed by atoms with Gasteiger partial charge in [0.05, 0.1) is 19.3 Å². The summed E-state index contributed by atoms with van der Waals surface area (Å²) in [5.74, 6) is 2.04. The number of methoxy groups -OCH3 is 1. The summed E-state index contributed by atoms with van der Waals surface area (Å²) in [6.07, 6.45) is 2.40. The van der Waals surface area contributed by atoms with Crippen molar-refractivity contribution in [1.82, 2.24) is 10.3 Å². The minimum atomic E-state index is 0.130. The van der Waals surface area contributed by atoms with Crippen molar-refractivity contribution in [3.8, 4) is 11.5 Å². The van der Waals surface area contributed by atoms with Crippen LogP contribution in [0.5, 0.6) is 11.5 Å². The van der Waals surface area contributed by atoms with Crippen molar-refractivity contribution in [3.63, 3.8) is 0 Å². The predicted octanol–water partition coefficient (Wildman–Crippen LogP) is 3.21. The minimum absolute atomic E-state index is 0.130. The van der Waals surface area contributed by atoms with Crippen LogP contribution in [0.4, 0.5) is 0 Å². The average molecular weight is 331 g/mol. The van der Waals surface area contributed by atoms with Crippen molar-refractivity contribution in [1.29, 1.82) is 0 Å². The highest BCUT2D eigenvalue weighted by Gasteiger charge is 2.37. The van der Waals surface area contributed by atoms with E-state index < -0.39 is 0 Å². The van der Waals surface area contributed by atoms with Crippen LogP contribution in [0.25, 0.3) is 0 Å². The van der Waals surface area contributed by atoms with E-state index in [1.54, 1.807) is 7.11 Å². The van der Waals surface area contributed by atoms with Gasteiger partial charge in [0, 0.05) is 31.1 Å². The van der Waals surface area contributed by atoms with Crippen LogP contribution in [0.1, 0.15) is 45.2 Å². The Balaban J connectivity index is 1.79. The third kappa shape index (κ3) is 3.51. The van der Waals surface area contributed by atoms with Crippen molar-refractivity contribution in [2.45, 2.75) is 45.8 Å². The summed E-state index contributed by atoms with van der Waals surface area (Å²) in [5.41, 5.74) is 5.88. The summed E-state index contributed by atoms with van der Waals surface area (Å²) in [7, 11) is 1.69. The number of ether oxygens (including phenoxy) is 2. The van der Waals surface area contributed by atoms with Crippen LogP contribution in [0, 0.1) is 5.92 Å². The molecule has 1 aromatic rings. The normalized spacial score (nSPS) is 23.6. The Kier molecular flexibility index (Phi) is 5.29. The minimum Gasteiger partial charge on any atom is -0.493 e. The van der Waals surface area contributed by atoms with Crippen molar-refractivity contribution in [2.24, 2.45) is 11.0 Å². The van der Waals surface area contributed by atoms with E-state index >= 15 is 0 Å². The number of hydrogen-bond donors (Lipinski definition) is 1. The Morgan fingerprint density at radius 2 is 2.17 bits per heavy atom. The van der Waals surface area contributed by atoms with Gasteiger partial charge >= 0.3 is 0 Å². The molecular weight excluding hydrogens is 302 g/mol. The van der Waals surface area contributed by atoms with Gasteiger partial charge < -0.3 is 19.8 Å². The number of benzene rings is 1. The molecule has 0 radical (unpaired) electrons. The van der Waals surface area contributed by atoms with Gasteiger partial charge in [-0.1, -0.05) is 13.0 Å². The molecule has 2 aliphatic rings. The molecule has 24 heavy (non-hydrogen) atoms. The molecular formula is C19H29N3O2. The lowest BCUT2D eigenvalue weighted by Crippen LogP contribution is -2.42. The first-order valence-corrected chi connectivity index (χ1v) is 9.01. The van der Waals surface area contributed by atoms with Crippen LogP contribution >= 0.6 is 0 Å². The van der Waals surface area contributed by atoms with E-state index in [4.69, 9.17) is 9.47 Å². The number of likely N-dealkylation sites (tertiary alicyclic amines) is 1. The van der Waals surface area contributed by atoms with Gasteiger partial charge in [-0.05, 0) is 44.5 Å². The molecule has 0 spiro atoms. The Bertz CT molecular complexity index is 600. The molecule has 0 aliphatic carbocycles. The van der Waals surface area contributed by atoms with Crippen LogP contribution in [0.3, 0.4) is 0 Å². The lowest BCUT2D eigenvalue weighted by molar-refractivity contribution is 0.225. The summed E-state index contributed by atoms with van der Waals surface area (Å²) in [6.45, 7) is 9.67. The molecule has 5 nitrogen and oxygen atoms in total. The van der Waals surface area contributed by atoms with Gasteiger partial charge in [-0.3, -0.25) is 0 Å². The smallest absolute Gasteiger partial charge is 0.161 e. The molecule has 3 rings (SSSR count). The van der Waals surface area contributed by atoms with Gasteiger partial charge in [0.2, 0.25) is 0 Å². The zero-order valence-electron chi connectivity index (χ0n) is 15.2.